The fourth-order valence-corrected chi connectivity index (χ4v) is 2.94. The van der Waals surface area contributed by atoms with Gasteiger partial charge in [0.05, 0.1) is 0 Å². The van der Waals surface area contributed by atoms with E-state index in [2.05, 4.69) is 67.7 Å². The predicted octanol–water partition coefficient (Wildman–Crippen LogP) is 4.59. The first-order valence-electron chi connectivity index (χ1n) is 3.14. The van der Waals surface area contributed by atoms with Gasteiger partial charge in [0.2, 0.25) is 0 Å². The van der Waals surface area contributed by atoms with Gasteiger partial charge < -0.3 is 0 Å². The molecule has 0 amide bonds. The Labute approximate surface area is 91.8 Å². The second-order valence-electron chi connectivity index (χ2n) is 2.40. The summed E-state index contributed by atoms with van der Waals surface area (Å²) in [5.74, 6) is 0. The van der Waals surface area contributed by atoms with Crippen LogP contribution in [-0.4, -0.2) is 0 Å². The molecule has 1 aromatic rings. The zero-order valence-electron chi connectivity index (χ0n) is 6.21. The van der Waals surface area contributed by atoms with E-state index in [0.29, 0.717) is 0 Å². The van der Waals surface area contributed by atoms with Crippen LogP contribution in [0.15, 0.2) is 19.5 Å². The molecule has 0 atom stereocenters. The molecule has 0 aliphatic rings. The lowest BCUT2D eigenvalue weighted by atomic mass is 10.2. The standard InChI is InChI=1S/C8H7Br3/c1-4-6(9)3-7(10)5(2)8(4)11/h3H,1-2H3. The summed E-state index contributed by atoms with van der Waals surface area (Å²) >= 11 is 10.5. The molecule has 0 radical (unpaired) electrons. The van der Waals surface area contributed by atoms with Crippen molar-refractivity contribution in [2.75, 3.05) is 0 Å². The van der Waals surface area contributed by atoms with Gasteiger partial charge in [-0.15, -0.1) is 0 Å². The zero-order chi connectivity index (χ0) is 8.59. The molecule has 1 rings (SSSR count). The van der Waals surface area contributed by atoms with Crippen LogP contribution in [0.1, 0.15) is 11.1 Å². The molecule has 0 saturated carbocycles. The van der Waals surface area contributed by atoms with Crippen molar-refractivity contribution in [3.8, 4) is 0 Å². The molecule has 0 unspecified atom stereocenters. The normalized spacial score (nSPS) is 10.3. The molecule has 60 valence electrons. The smallest absolute Gasteiger partial charge is 0.0256 e. The van der Waals surface area contributed by atoms with E-state index in [1.807, 2.05) is 0 Å². The van der Waals surface area contributed by atoms with Crippen LogP contribution < -0.4 is 0 Å². The Bertz CT molecular complexity index is 266. The van der Waals surface area contributed by atoms with E-state index in [9.17, 15) is 0 Å². The largest absolute Gasteiger partial charge is 0.0505 e. The minimum absolute atomic E-state index is 1.13. The summed E-state index contributed by atoms with van der Waals surface area (Å²) < 4.78 is 3.42. The molecule has 3 heteroatoms. The van der Waals surface area contributed by atoms with Crippen LogP contribution >= 0.6 is 47.8 Å². The van der Waals surface area contributed by atoms with Gasteiger partial charge in [0, 0.05) is 13.4 Å². The Kier molecular flexibility index (Phi) is 3.18. The highest BCUT2D eigenvalue weighted by molar-refractivity contribution is 9.11. The average Bonchev–Trinajstić information content (AvgIpc) is 1.97. The number of hydrogen-bond donors (Lipinski definition) is 0. The van der Waals surface area contributed by atoms with Crippen molar-refractivity contribution in [2.45, 2.75) is 13.8 Å². The summed E-state index contributed by atoms with van der Waals surface area (Å²) in [6, 6.07) is 2.06. The third-order valence-electron chi connectivity index (χ3n) is 1.63. The van der Waals surface area contributed by atoms with E-state index >= 15 is 0 Å². The van der Waals surface area contributed by atoms with E-state index in [0.717, 1.165) is 8.95 Å². The molecule has 0 aliphatic carbocycles. The molecule has 0 fully saturated rings. The minimum Gasteiger partial charge on any atom is -0.0505 e. The maximum Gasteiger partial charge on any atom is 0.0256 e. The first kappa shape index (κ1) is 9.75. The van der Waals surface area contributed by atoms with Crippen LogP contribution in [0.4, 0.5) is 0 Å². The molecule has 0 aliphatic heterocycles. The van der Waals surface area contributed by atoms with Gasteiger partial charge in [-0.05, 0) is 31.0 Å². The second kappa shape index (κ2) is 3.58. The van der Waals surface area contributed by atoms with Crippen molar-refractivity contribution < 1.29 is 0 Å². The van der Waals surface area contributed by atoms with E-state index < -0.39 is 0 Å². The summed E-state index contributed by atoms with van der Waals surface area (Å²) in [6.07, 6.45) is 0. The van der Waals surface area contributed by atoms with Gasteiger partial charge in [-0.1, -0.05) is 47.8 Å². The van der Waals surface area contributed by atoms with Gasteiger partial charge >= 0.3 is 0 Å². The van der Waals surface area contributed by atoms with Gasteiger partial charge in [0.1, 0.15) is 0 Å². The van der Waals surface area contributed by atoms with Crippen molar-refractivity contribution in [3.63, 3.8) is 0 Å². The number of rotatable bonds is 0. The molecule has 0 saturated heterocycles. The topological polar surface area (TPSA) is 0 Å². The monoisotopic (exact) mass is 340 g/mol. The highest BCUT2D eigenvalue weighted by Gasteiger charge is 2.06. The summed E-state index contributed by atoms with van der Waals surface area (Å²) in [5, 5.41) is 0. The van der Waals surface area contributed by atoms with Gasteiger partial charge in [-0.2, -0.15) is 0 Å². The third-order valence-corrected chi connectivity index (χ3v) is 4.47. The quantitative estimate of drug-likeness (QED) is 0.647. The van der Waals surface area contributed by atoms with Crippen molar-refractivity contribution >= 4 is 47.8 Å². The highest BCUT2D eigenvalue weighted by atomic mass is 79.9. The lowest BCUT2D eigenvalue weighted by Crippen LogP contribution is -1.84. The summed E-state index contributed by atoms with van der Waals surface area (Å²) in [6.45, 7) is 4.15. The van der Waals surface area contributed by atoms with Crippen molar-refractivity contribution in [3.05, 3.63) is 30.6 Å². The van der Waals surface area contributed by atoms with Crippen molar-refractivity contribution in [2.24, 2.45) is 0 Å². The summed E-state index contributed by atoms with van der Waals surface area (Å²) in [4.78, 5) is 0. The minimum atomic E-state index is 1.13. The van der Waals surface area contributed by atoms with E-state index in [4.69, 9.17) is 0 Å². The van der Waals surface area contributed by atoms with E-state index in [-0.39, 0.29) is 0 Å². The van der Waals surface area contributed by atoms with Gasteiger partial charge in [-0.3, -0.25) is 0 Å². The third kappa shape index (κ3) is 1.87. The van der Waals surface area contributed by atoms with Crippen molar-refractivity contribution in [1.82, 2.24) is 0 Å². The zero-order valence-corrected chi connectivity index (χ0v) is 11.0. The van der Waals surface area contributed by atoms with Crippen LogP contribution in [-0.2, 0) is 0 Å². The Morgan fingerprint density at radius 1 is 0.909 bits per heavy atom. The maximum atomic E-state index is 3.52. The molecule has 0 heterocycles. The SMILES string of the molecule is Cc1c(Br)cc(Br)c(C)c1Br. The molecule has 0 bridgehead atoms. The first-order chi connectivity index (χ1) is 5.04. The molecule has 11 heavy (non-hydrogen) atoms. The fraction of sp³-hybridized carbons (Fsp3) is 0.250. The fourth-order valence-electron chi connectivity index (χ4n) is 0.819. The Balaban J connectivity index is 3.46. The summed E-state index contributed by atoms with van der Waals surface area (Å²) in [5.41, 5.74) is 2.48. The number of hydrogen-bond acceptors (Lipinski definition) is 0. The van der Waals surface area contributed by atoms with Crippen LogP contribution in [0.5, 0.6) is 0 Å². The lowest BCUT2D eigenvalue weighted by Gasteiger charge is -2.06. The Morgan fingerprint density at radius 2 is 1.27 bits per heavy atom. The maximum absolute atomic E-state index is 3.52. The first-order valence-corrected chi connectivity index (χ1v) is 5.52. The van der Waals surface area contributed by atoms with Gasteiger partial charge in [-0.25, -0.2) is 0 Å². The summed E-state index contributed by atoms with van der Waals surface area (Å²) in [7, 11) is 0. The average molecular weight is 343 g/mol. The highest BCUT2D eigenvalue weighted by Crippen LogP contribution is 2.33. The van der Waals surface area contributed by atoms with Crippen LogP contribution in [0.25, 0.3) is 0 Å². The molecule has 1 aromatic carbocycles. The molecular formula is C8H7Br3. The predicted molar refractivity (Wildman–Crippen MR) is 59.0 cm³/mol. The van der Waals surface area contributed by atoms with Gasteiger partial charge in [0.25, 0.3) is 0 Å². The molecule has 0 nitrogen and oxygen atoms in total. The number of benzene rings is 1. The van der Waals surface area contributed by atoms with E-state index in [1.54, 1.807) is 0 Å². The molecular weight excluding hydrogens is 336 g/mol. The number of halogens is 3. The second-order valence-corrected chi connectivity index (χ2v) is 4.91. The molecule has 0 spiro atoms. The van der Waals surface area contributed by atoms with E-state index in [1.165, 1.54) is 15.6 Å². The molecule has 0 N–H and O–H groups in total. The van der Waals surface area contributed by atoms with Crippen LogP contribution in [0.3, 0.4) is 0 Å². The lowest BCUT2D eigenvalue weighted by molar-refractivity contribution is 1.29. The molecule has 0 aromatic heterocycles. The Hall–Kier alpha value is 0.660. The van der Waals surface area contributed by atoms with Gasteiger partial charge in [0.15, 0.2) is 0 Å². The van der Waals surface area contributed by atoms with Crippen LogP contribution in [0.2, 0.25) is 0 Å². The van der Waals surface area contributed by atoms with Crippen LogP contribution in [0, 0.1) is 13.8 Å². The van der Waals surface area contributed by atoms with Crippen molar-refractivity contribution in [1.29, 1.82) is 0 Å². The Morgan fingerprint density at radius 3 is 1.64 bits per heavy atom.